The highest BCUT2D eigenvalue weighted by Crippen LogP contribution is 2.32. The van der Waals surface area contributed by atoms with Crippen LogP contribution in [0.4, 0.5) is 5.69 Å². The van der Waals surface area contributed by atoms with Crippen LogP contribution in [0.3, 0.4) is 0 Å². The monoisotopic (exact) mass is 471 g/mol. The molecule has 0 aromatic heterocycles. The minimum absolute atomic E-state index is 0.111. The maximum absolute atomic E-state index is 12.7. The van der Waals surface area contributed by atoms with Gasteiger partial charge < -0.3 is 15.0 Å². The fourth-order valence-electron chi connectivity index (χ4n) is 3.87. The summed E-state index contributed by atoms with van der Waals surface area (Å²) >= 11 is 0. The van der Waals surface area contributed by atoms with Gasteiger partial charge in [0.15, 0.2) is 0 Å². The average molecular weight is 472 g/mol. The minimum atomic E-state index is -3.69. The zero-order valence-corrected chi connectivity index (χ0v) is 19.6. The van der Waals surface area contributed by atoms with E-state index >= 15 is 0 Å². The van der Waals surface area contributed by atoms with Crippen molar-refractivity contribution in [1.82, 2.24) is 15.0 Å². The molecule has 2 aliphatic rings. The van der Waals surface area contributed by atoms with E-state index in [9.17, 15) is 13.2 Å². The van der Waals surface area contributed by atoms with Gasteiger partial charge in [-0.1, -0.05) is 30.3 Å². The average Bonchev–Trinajstić information content (AvgIpc) is 3.11. The first-order valence-corrected chi connectivity index (χ1v) is 12.5. The van der Waals surface area contributed by atoms with Gasteiger partial charge in [-0.05, 0) is 37.6 Å². The van der Waals surface area contributed by atoms with Crippen LogP contribution < -0.4 is 15.5 Å². The third-order valence-corrected chi connectivity index (χ3v) is 7.12. The molecule has 0 radical (unpaired) electrons. The first-order chi connectivity index (χ1) is 15.8. The van der Waals surface area contributed by atoms with Crippen LogP contribution in [0.25, 0.3) is 0 Å². The number of fused-ring (bicyclic) bond motifs is 1. The van der Waals surface area contributed by atoms with E-state index in [0.717, 1.165) is 11.4 Å². The smallest absolute Gasteiger partial charge is 0.253 e. The Morgan fingerprint density at radius 1 is 1.18 bits per heavy atom. The zero-order chi connectivity index (χ0) is 23.4. The summed E-state index contributed by atoms with van der Waals surface area (Å²) in [4.78, 5) is 14.9. The lowest BCUT2D eigenvalue weighted by Gasteiger charge is -2.30. The maximum Gasteiger partial charge on any atom is 0.253 e. The molecule has 2 heterocycles. The number of amidine groups is 1. The topological polar surface area (TPSA) is 112 Å². The van der Waals surface area contributed by atoms with Gasteiger partial charge in [-0.25, -0.2) is 13.1 Å². The predicted molar refractivity (Wildman–Crippen MR) is 126 cm³/mol. The quantitative estimate of drug-likeness (QED) is 0.323. The Hall–Kier alpha value is -2.95. The van der Waals surface area contributed by atoms with Gasteiger partial charge in [-0.2, -0.15) is 5.10 Å². The number of hydrazone groups is 1. The fraction of sp³-hybridized carbons (Fsp3) is 0.391. The summed E-state index contributed by atoms with van der Waals surface area (Å²) in [7, 11) is -3.69. The van der Waals surface area contributed by atoms with Crippen molar-refractivity contribution in [2.75, 3.05) is 31.6 Å². The first-order valence-electron chi connectivity index (χ1n) is 11.0. The minimum Gasteiger partial charge on any atom is -0.378 e. The van der Waals surface area contributed by atoms with Crippen molar-refractivity contribution < 1.29 is 17.9 Å². The molecule has 1 saturated heterocycles. The predicted octanol–water partition coefficient (Wildman–Crippen LogP) is 1.84. The van der Waals surface area contributed by atoms with Crippen molar-refractivity contribution in [2.24, 2.45) is 5.10 Å². The summed E-state index contributed by atoms with van der Waals surface area (Å²) in [6.45, 7) is 6.17. The lowest BCUT2D eigenvalue weighted by Crippen LogP contribution is -2.42. The second-order valence-corrected chi connectivity index (χ2v) is 10.1. The van der Waals surface area contributed by atoms with E-state index in [-0.39, 0.29) is 16.8 Å². The Morgan fingerprint density at radius 2 is 1.91 bits per heavy atom. The molecule has 1 fully saturated rings. The lowest BCUT2D eigenvalue weighted by molar-refractivity contribution is -0.117. The Morgan fingerprint density at radius 3 is 2.61 bits per heavy atom. The Bertz CT molecular complexity index is 1130. The SMILES string of the molecule is CC(C)NS(=O)(=O)c1ccc2c(c1)C(NN=C(Cc1ccccc1)N1CCOCC1)C(=O)N2. The van der Waals surface area contributed by atoms with Gasteiger partial charge in [-0.15, -0.1) is 0 Å². The molecule has 0 saturated carbocycles. The molecule has 1 atom stereocenters. The number of carbonyl (C=O) groups excluding carboxylic acids is 1. The second-order valence-electron chi connectivity index (χ2n) is 8.37. The number of anilines is 1. The van der Waals surface area contributed by atoms with E-state index in [2.05, 4.69) is 25.5 Å². The van der Waals surface area contributed by atoms with Gasteiger partial charge in [0, 0.05) is 36.8 Å². The van der Waals surface area contributed by atoms with Crippen LogP contribution >= 0.6 is 0 Å². The van der Waals surface area contributed by atoms with Crippen molar-refractivity contribution in [3.8, 4) is 0 Å². The molecule has 0 spiro atoms. The lowest BCUT2D eigenvalue weighted by atomic mass is 10.1. The summed E-state index contributed by atoms with van der Waals surface area (Å²) in [5.74, 6) is 0.525. The summed E-state index contributed by atoms with van der Waals surface area (Å²) in [6, 6.07) is 13.6. The maximum atomic E-state index is 12.7. The van der Waals surface area contributed by atoms with Gasteiger partial charge in [0.2, 0.25) is 10.0 Å². The van der Waals surface area contributed by atoms with Gasteiger partial charge in [-0.3, -0.25) is 10.2 Å². The molecule has 2 aliphatic heterocycles. The van der Waals surface area contributed by atoms with Crippen LogP contribution in [-0.2, 0) is 26.0 Å². The van der Waals surface area contributed by atoms with E-state index in [1.807, 2.05) is 30.3 Å². The van der Waals surface area contributed by atoms with Gasteiger partial charge >= 0.3 is 0 Å². The summed E-state index contributed by atoms with van der Waals surface area (Å²) in [5.41, 5.74) is 5.24. The molecule has 9 nitrogen and oxygen atoms in total. The molecule has 0 aliphatic carbocycles. The fourth-order valence-corrected chi connectivity index (χ4v) is 5.16. The number of sulfonamides is 1. The molecule has 176 valence electrons. The molecule has 0 bridgehead atoms. The Balaban J connectivity index is 1.60. The molecule has 4 rings (SSSR count). The van der Waals surface area contributed by atoms with Crippen molar-refractivity contribution >= 4 is 27.5 Å². The van der Waals surface area contributed by atoms with Gasteiger partial charge in [0.25, 0.3) is 5.91 Å². The molecule has 10 heteroatoms. The van der Waals surface area contributed by atoms with Gasteiger partial charge in [0.05, 0.1) is 18.1 Å². The molecular formula is C23H29N5O4S. The number of nitrogens with one attached hydrogen (secondary N) is 3. The standard InChI is InChI=1S/C23H29N5O4S/c1-16(2)27-33(30,31)18-8-9-20-19(15-18)22(23(29)24-20)26-25-21(28-10-12-32-13-11-28)14-17-6-4-3-5-7-17/h3-9,15-16,22,26-27H,10-14H2,1-2H3,(H,24,29). The van der Waals surface area contributed by atoms with Crippen molar-refractivity contribution in [1.29, 1.82) is 0 Å². The molecule has 2 aromatic carbocycles. The first kappa shape index (κ1) is 23.2. The number of nitrogens with zero attached hydrogens (tertiary/aromatic N) is 2. The highest BCUT2D eigenvalue weighted by Gasteiger charge is 2.32. The van der Waals surface area contributed by atoms with Crippen LogP contribution in [0.15, 0.2) is 58.5 Å². The summed E-state index contributed by atoms with van der Waals surface area (Å²) < 4.78 is 33.3. The van der Waals surface area contributed by atoms with Crippen LogP contribution in [-0.4, -0.2) is 57.4 Å². The van der Waals surface area contributed by atoms with E-state index in [1.165, 1.54) is 12.1 Å². The highest BCUT2D eigenvalue weighted by atomic mass is 32.2. The summed E-state index contributed by atoms with van der Waals surface area (Å²) in [6.07, 6.45) is 0.599. The largest absolute Gasteiger partial charge is 0.378 e. The van der Waals surface area contributed by atoms with Gasteiger partial charge in [0.1, 0.15) is 11.9 Å². The van der Waals surface area contributed by atoms with Crippen LogP contribution in [0, 0.1) is 0 Å². The zero-order valence-electron chi connectivity index (χ0n) is 18.7. The van der Waals surface area contributed by atoms with E-state index in [1.54, 1.807) is 19.9 Å². The van der Waals surface area contributed by atoms with Crippen molar-refractivity contribution in [2.45, 2.75) is 37.2 Å². The Kier molecular flexibility index (Phi) is 6.96. The van der Waals surface area contributed by atoms with Crippen molar-refractivity contribution in [3.63, 3.8) is 0 Å². The molecular weight excluding hydrogens is 442 g/mol. The number of morpholine rings is 1. The van der Waals surface area contributed by atoms with E-state index < -0.39 is 16.1 Å². The molecule has 33 heavy (non-hydrogen) atoms. The third-order valence-electron chi connectivity index (χ3n) is 5.46. The third kappa shape index (κ3) is 5.52. The highest BCUT2D eigenvalue weighted by molar-refractivity contribution is 7.89. The molecule has 1 unspecified atom stereocenters. The number of benzene rings is 2. The number of hydrogen-bond donors (Lipinski definition) is 3. The number of amides is 1. The normalized spacial score (nSPS) is 18.9. The Labute approximate surface area is 194 Å². The van der Waals surface area contributed by atoms with Crippen LogP contribution in [0.1, 0.15) is 31.0 Å². The number of hydrogen-bond acceptors (Lipinski definition) is 6. The number of carbonyl (C=O) groups is 1. The number of rotatable bonds is 7. The molecule has 2 aromatic rings. The van der Waals surface area contributed by atoms with Crippen LogP contribution in [0.5, 0.6) is 0 Å². The molecule has 1 amide bonds. The van der Waals surface area contributed by atoms with E-state index in [4.69, 9.17) is 4.74 Å². The second kappa shape index (κ2) is 9.90. The molecule has 3 N–H and O–H groups in total. The van der Waals surface area contributed by atoms with E-state index in [0.29, 0.717) is 44.0 Å². The number of ether oxygens (including phenoxy) is 1. The van der Waals surface area contributed by atoms with Crippen molar-refractivity contribution in [3.05, 3.63) is 59.7 Å². The summed E-state index contributed by atoms with van der Waals surface area (Å²) in [5, 5.41) is 7.43. The van der Waals surface area contributed by atoms with Crippen LogP contribution in [0.2, 0.25) is 0 Å².